The molecule has 2 aromatic rings. The smallest absolute Gasteiger partial charge is 0.407 e. The Labute approximate surface area is 147 Å². The maximum atomic E-state index is 12.1. The molecule has 0 atom stereocenters. The molecule has 4 heteroatoms. The van der Waals surface area contributed by atoms with Gasteiger partial charge in [-0.2, -0.15) is 0 Å². The van der Waals surface area contributed by atoms with Gasteiger partial charge in [0, 0.05) is 17.9 Å². The Bertz CT molecular complexity index is 731. The van der Waals surface area contributed by atoms with Crippen LogP contribution in [0.5, 0.6) is 0 Å². The largest absolute Gasteiger partial charge is 0.449 e. The van der Waals surface area contributed by atoms with Crippen LogP contribution in [0, 0.1) is 5.41 Å². The van der Waals surface area contributed by atoms with Gasteiger partial charge in [0.25, 0.3) is 0 Å². The number of aliphatic hydroxyl groups is 1. The molecule has 4 rings (SSSR count). The van der Waals surface area contributed by atoms with Gasteiger partial charge in [0.05, 0.1) is 6.61 Å². The monoisotopic (exact) mass is 337 g/mol. The third-order valence-electron chi connectivity index (χ3n) is 5.70. The number of carbonyl (C=O) groups excluding carboxylic acids is 1. The van der Waals surface area contributed by atoms with E-state index in [9.17, 15) is 9.90 Å². The topological polar surface area (TPSA) is 58.6 Å². The molecule has 2 aliphatic rings. The van der Waals surface area contributed by atoms with Crippen molar-refractivity contribution in [1.29, 1.82) is 0 Å². The van der Waals surface area contributed by atoms with E-state index >= 15 is 0 Å². The molecular formula is C21H23NO3. The number of hydrogen-bond donors (Lipinski definition) is 2. The number of fused-ring (bicyclic) bond motifs is 3. The molecule has 1 fully saturated rings. The zero-order valence-corrected chi connectivity index (χ0v) is 14.2. The zero-order chi connectivity index (χ0) is 17.3. The van der Waals surface area contributed by atoms with Gasteiger partial charge in [-0.15, -0.1) is 0 Å². The number of hydrogen-bond acceptors (Lipinski definition) is 3. The van der Waals surface area contributed by atoms with E-state index in [4.69, 9.17) is 4.74 Å². The summed E-state index contributed by atoms with van der Waals surface area (Å²) >= 11 is 0. The quantitative estimate of drug-likeness (QED) is 0.875. The van der Waals surface area contributed by atoms with Gasteiger partial charge in [-0.3, -0.25) is 0 Å². The second-order valence-corrected chi connectivity index (χ2v) is 7.19. The summed E-state index contributed by atoms with van der Waals surface area (Å²) in [6, 6.07) is 16.6. The first kappa shape index (κ1) is 16.2. The summed E-state index contributed by atoms with van der Waals surface area (Å²) in [5.41, 5.74) is 4.73. The summed E-state index contributed by atoms with van der Waals surface area (Å²) in [5, 5.41) is 12.3. The standard InChI is InChI=1S/C21H23NO3/c23-14-21(10-5-11-21)13-22-20(24)25-12-19-17-8-3-1-6-15(17)16-7-2-4-9-18(16)19/h1-4,6-9,19,23H,5,10-14H2,(H,22,24). The van der Waals surface area contributed by atoms with E-state index < -0.39 is 6.09 Å². The van der Waals surface area contributed by atoms with E-state index in [-0.39, 0.29) is 17.9 Å². The lowest BCUT2D eigenvalue weighted by atomic mass is 9.69. The Morgan fingerprint density at radius 3 is 2.20 bits per heavy atom. The van der Waals surface area contributed by atoms with Crippen LogP contribution < -0.4 is 5.32 Å². The number of aliphatic hydroxyl groups excluding tert-OH is 1. The Kier molecular flexibility index (Phi) is 4.22. The number of ether oxygens (including phenoxy) is 1. The van der Waals surface area contributed by atoms with Gasteiger partial charge in [0.1, 0.15) is 6.61 Å². The number of benzene rings is 2. The number of rotatable bonds is 5. The molecule has 25 heavy (non-hydrogen) atoms. The average Bonchev–Trinajstić information content (AvgIpc) is 2.93. The summed E-state index contributed by atoms with van der Waals surface area (Å²) in [5.74, 6) is 0.0775. The molecule has 4 nitrogen and oxygen atoms in total. The molecule has 2 N–H and O–H groups in total. The minimum absolute atomic E-state index is 0.0775. The lowest BCUT2D eigenvalue weighted by molar-refractivity contribution is 0.0427. The van der Waals surface area contributed by atoms with Crippen molar-refractivity contribution in [3.8, 4) is 11.1 Å². The molecule has 0 radical (unpaired) electrons. The number of alkyl carbamates (subject to hydrolysis) is 1. The Morgan fingerprint density at radius 2 is 1.68 bits per heavy atom. The predicted molar refractivity (Wildman–Crippen MR) is 96.4 cm³/mol. The lowest BCUT2D eigenvalue weighted by Crippen LogP contribution is -2.44. The summed E-state index contributed by atoms with van der Waals surface area (Å²) < 4.78 is 5.52. The van der Waals surface area contributed by atoms with Crippen LogP contribution in [0.15, 0.2) is 48.5 Å². The van der Waals surface area contributed by atoms with Crippen LogP contribution in [-0.4, -0.2) is 31.0 Å². The highest BCUT2D eigenvalue weighted by Gasteiger charge is 2.37. The highest BCUT2D eigenvalue weighted by molar-refractivity contribution is 5.79. The molecule has 1 saturated carbocycles. The average molecular weight is 337 g/mol. The van der Waals surface area contributed by atoms with Gasteiger partial charge >= 0.3 is 6.09 Å². The lowest BCUT2D eigenvalue weighted by Gasteiger charge is -2.40. The van der Waals surface area contributed by atoms with Crippen LogP contribution in [0.1, 0.15) is 36.3 Å². The van der Waals surface area contributed by atoms with Crippen molar-refractivity contribution in [1.82, 2.24) is 5.32 Å². The highest BCUT2D eigenvalue weighted by atomic mass is 16.5. The molecule has 2 aromatic carbocycles. The van der Waals surface area contributed by atoms with Crippen molar-refractivity contribution in [2.75, 3.05) is 19.8 Å². The SMILES string of the molecule is O=C(NCC1(CO)CCC1)OCC1c2ccccc2-c2ccccc21. The maximum Gasteiger partial charge on any atom is 0.407 e. The molecule has 130 valence electrons. The van der Waals surface area contributed by atoms with E-state index in [1.54, 1.807) is 0 Å². The highest BCUT2D eigenvalue weighted by Crippen LogP contribution is 2.44. The predicted octanol–water partition coefficient (Wildman–Crippen LogP) is 3.69. The van der Waals surface area contributed by atoms with E-state index in [1.165, 1.54) is 22.3 Å². The minimum Gasteiger partial charge on any atom is -0.449 e. The van der Waals surface area contributed by atoms with E-state index in [0.717, 1.165) is 19.3 Å². The number of nitrogens with one attached hydrogen (secondary N) is 1. The van der Waals surface area contributed by atoms with Gasteiger partial charge in [-0.1, -0.05) is 55.0 Å². The normalized spacial score (nSPS) is 17.3. The van der Waals surface area contributed by atoms with Crippen molar-refractivity contribution in [3.05, 3.63) is 59.7 Å². The van der Waals surface area contributed by atoms with Gasteiger partial charge in [0.2, 0.25) is 0 Å². The van der Waals surface area contributed by atoms with E-state index in [0.29, 0.717) is 13.2 Å². The fourth-order valence-electron chi connectivity index (χ4n) is 3.98. The molecule has 0 spiro atoms. The summed E-state index contributed by atoms with van der Waals surface area (Å²) in [4.78, 5) is 12.1. The van der Waals surface area contributed by atoms with Crippen LogP contribution in [-0.2, 0) is 4.74 Å². The van der Waals surface area contributed by atoms with Crippen molar-refractivity contribution in [3.63, 3.8) is 0 Å². The molecule has 2 aliphatic carbocycles. The van der Waals surface area contributed by atoms with Crippen LogP contribution in [0.3, 0.4) is 0 Å². The molecule has 0 unspecified atom stereocenters. The molecule has 0 saturated heterocycles. The Hall–Kier alpha value is -2.33. The van der Waals surface area contributed by atoms with Gasteiger partial charge in [-0.05, 0) is 35.1 Å². The van der Waals surface area contributed by atoms with Gasteiger partial charge in [0.15, 0.2) is 0 Å². The van der Waals surface area contributed by atoms with Crippen LogP contribution in [0.25, 0.3) is 11.1 Å². The van der Waals surface area contributed by atoms with Gasteiger partial charge in [-0.25, -0.2) is 4.79 Å². The van der Waals surface area contributed by atoms with Crippen LogP contribution in [0.4, 0.5) is 4.79 Å². The third kappa shape index (κ3) is 2.91. The molecule has 0 bridgehead atoms. The van der Waals surface area contributed by atoms with Crippen molar-refractivity contribution < 1.29 is 14.6 Å². The first-order chi connectivity index (χ1) is 12.2. The molecule has 0 aliphatic heterocycles. The van der Waals surface area contributed by atoms with Crippen molar-refractivity contribution >= 4 is 6.09 Å². The first-order valence-electron chi connectivity index (χ1n) is 8.92. The Balaban J connectivity index is 1.42. The van der Waals surface area contributed by atoms with Crippen LogP contribution in [0.2, 0.25) is 0 Å². The maximum absolute atomic E-state index is 12.1. The molecule has 0 aromatic heterocycles. The molecule has 1 amide bonds. The second-order valence-electron chi connectivity index (χ2n) is 7.19. The fraction of sp³-hybridized carbons (Fsp3) is 0.381. The summed E-state index contributed by atoms with van der Waals surface area (Å²) in [6.45, 7) is 0.933. The van der Waals surface area contributed by atoms with E-state index in [1.807, 2.05) is 24.3 Å². The summed E-state index contributed by atoms with van der Waals surface area (Å²) in [7, 11) is 0. The Morgan fingerprint density at radius 1 is 1.08 bits per heavy atom. The number of carbonyl (C=O) groups is 1. The summed E-state index contributed by atoms with van der Waals surface area (Å²) in [6.07, 6.45) is 2.65. The molecular weight excluding hydrogens is 314 g/mol. The van der Waals surface area contributed by atoms with Crippen LogP contribution >= 0.6 is 0 Å². The van der Waals surface area contributed by atoms with E-state index in [2.05, 4.69) is 29.6 Å². The third-order valence-corrected chi connectivity index (χ3v) is 5.70. The van der Waals surface area contributed by atoms with Crippen molar-refractivity contribution in [2.24, 2.45) is 5.41 Å². The fourth-order valence-corrected chi connectivity index (χ4v) is 3.98. The number of amides is 1. The second kappa shape index (κ2) is 6.52. The van der Waals surface area contributed by atoms with Crippen molar-refractivity contribution in [2.45, 2.75) is 25.2 Å². The molecule has 0 heterocycles. The first-order valence-corrected chi connectivity index (χ1v) is 8.92. The minimum atomic E-state index is -0.401. The van der Waals surface area contributed by atoms with Gasteiger partial charge < -0.3 is 15.2 Å². The zero-order valence-electron chi connectivity index (χ0n) is 14.2.